The van der Waals surface area contributed by atoms with Crippen LogP contribution in [0.5, 0.6) is 17.4 Å². The lowest BCUT2D eigenvalue weighted by atomic mass is 10.0. The summed E-state index contributed by atoms with van der Waals surface area (Å²) in [6, 6.07) is 7.00. The maximum absolute atomic E-state index is 13.7. The first kappa shape index (κ1) is 26.1. The number of methoxy groups -OCH3 is 1. The number of nitrogens with zero attached hydrogens (tertiary/aromatic N) is 3. The summed E-state index contributed by atoms with van der Waals surface area (Å²) < 4.78 is 25.8. The van der Waals surface area contributed by atoms with E-state index in [2.05, 4.69) is 25.3 Å². The summed E-state index contributed by atoms with van der Waals surface area (Å²) in [5.41, 5.74) is 2.20. The van der Waals surface area contributed by atoms with Crippen molar-refractivity contribution in [3.63, 3.8) is 0 Å². The quantitative estimate of drug-likeness (QED) is 0.243. The number of ether oxygens (including phenoxy) is 4. The molecule has 15 heteroatoms. The fourth-order valence-corrected chi connectivity index (χ4v) is 5.10. The van der Waals surface area contributed by atoms with E-state index in [4.69, 9.17) is 18.6 Å². The molecule has 2 aliphatic heterocycles. The van der Waals surface area contributed by atoms with Gasteiger partial charge in [0.25, 0.3) is 5.91 Å². The highest BCUT2D eigenvalue weighted by Gasteiger charge is 2.45. The third-order valence-electron chi connectivity index (χ3n) is 6.38. The van der Waals surface area contributed by atoms with E-state index < -0.39 is 36.1 Å². The molecular weight excluding hydrogens is 558 g/mol. The highest BCUT2D eigenvalue weighted by atomic mass is 32.1. The lowest BCUT2D eigenvalue weighted by Gasteiger charge is -2.24. The number of oxazole rings is 1. The molecule has 6 rings (SSSR count). The molecule has 1 fully saturated rings. The molecule has 210 valence electrons. The fourth-order valence-electron chi connectivity index (χ4n) is 4.49. The minimum Gasteiger partial charge on any atom is -0.486 e. The number of hydrogen-bond acceptors (Lipinski definition) is 12. The average molecular weight is 580 g/mol. The van der Waals surface area contributed by atoms with Gasteiger partial charge in [0.2, 0.25) is 11.8 Å². The Bertz CT molecular complexity index is 1670. The van der Waals surface area contributed by atoms with Crippen LogP contribution in [0.3, 0.4) is 0 Å². The first-order valence-electron chi connectivity index (χ1n) is 12.3. The molecule has 2 atom stereocenters. The summed E-state index contributed by atoms with van der Waals surface area (Å²) in [5.74, 6) is -0.399. The van der Waals surface area contributed by atoms with Gasteiger partial charge in [0.1, 0.15) is 30.8 Å². The minimum absolute atomic E-state index is 0.0292. The van der Waals surface area contributed by atoms with E-state index >= 15 is 0 Å². The number of rotatable bonds is 7. The van der Waals surface area contributed by atoms with Gasteiger partial charge >= 0.3 is 12.2 Å². The van der Waals surface area contributed by atoms with Crippen LogP contribution < -0.4 is 24.8 Å². The van der Waals surface area contributed by atoms with E-state index in [0.29, 0.717) is 46.9 Å². The molecule has 0 aliphatic carbocycles. The number of urea groups is 1. The summed E-state index contributed by atoms with van der Waals surface area (Å²) in [4.78, 5) is 61.0. The number of aromatic nitrogens is 2. The highest BCUT2D eigenvalue weighted by molar-refractivity contribution is 7.14. The molecule has 2 N–H and O–H groups in total. The number of anilines is 1. The van der Waals surface area contributed by atoms with Gasteiger partial charge in [-0.25, -0.2) is 19.5 Å². The van der Waals surface area contributed by atoms with Crippen LogP contribution in [-0.4, -0.2) is 65.2 Å². The zero-order valence-corrected chi connectivity index (χ0v) is 22.1. The van der Waals surface area contributed by atoms with Crippen LogP contribution in [0.4, 0.5) is 14.7 Å². The van der Waals surface area contributed by atoms with Gasteiger partial charge in [0.15, 0.2) is 28.6 Å². The van der Waals surface area contributed by atoms with Gasteiger partial charge in [-0.2, -0.15) is 4.98 Å². The molecule has 0 spiro atoms. The Morgan fingerprint density at radius 3 is 2.83 bits per heavy atom. The molecule has 1 unspecified atom stereocenters. The number of benzene rings is 2. The smallest absolute Gasteiger partial charge is 0.486 e. The number of carbonyl (C=O) groups is 4. The van der Waals surface area contributed by atoms with Gasteiger partial charge in [0, 0.05) is 6.42 Å². The topological polar surface area (TPSA) is 171 Å². The van der Waals surface area contributed by atoms with Gasteiger partial charge in [-0.1, -0.05) is 12.1 Å². The normalized spacial score (nSPS) is 16.8. The van der Waals surface area contributed by atoms with E-state index in [1.807, 2.05) is 0 Å². The van der Waals surface area contributed by atoms with E-state index in [0.717, 1.165) is 23.3 Å². The second kappa shape index (κ2) is 10.8. The SMILES string of the molecule is COC(=O)Oc1csc(NC(=O)[C@H](Cc2ccc3ocnc3c2)N2C(=O)NC(c3ccc4c(c3)OCCO4)C2=O)n1. The fraction of sp³-hybridized carbons (Fsp3) is 0.231. The van der Waals surface area contributed by atoms with E-state index in [9.17, 15) is 19.2 Å². The third-order valence-corrected chi connectivity index (χ3v) is 7.11. The number of nitrogens with one attached hydrogen (secondary N) is 2. The van der Waals surface area contributed by atoms with E-state index in [-0.39, 0.29) is 17.4 Å². The molecule has 41 heavy (non-hydrogen) atoms. The number of fused-ring (bicyclic) bond motifs is 2. The number of carbonyl (C=O) groups excluding carboxylic acids is 4. The molecule has 0 bridgehead atoms. The predicted molar refractivity (Wildman–Crippen MR) is 141 cm³/mol. The Balaban J connectivity index is 1.28. The standard InChI is InChI=1S/C26H21N5O9S/c1-36-26(35)40-20-11-41-24(28-20)30-22(32)16(9-13-2-4-17-15(8-13)27-12-39-17)31-23(33)21(29-25(31)34)14-3-5-18-19(10-14)38-7-6-37-18/h2-5,8,10-12,16,21H,6-7,9H2,1H3,(H,29,34)(H,28,30,32)/t16-,21?/m0/s1. The van der Waals surface area contributed by atoms with E-state index in [1.165, 1.54) is 11.8 Å². The van der Waals surface area contributed by atoms with E-state index in [1.54, 1.807) is 36.4 Å². The zero-order valence-electron chi connectivity index (χ0n) is 21.3. The number of thiazole rings is 1. The minimum atomic E-state index is -1.28. The van der Waals surface area contributed by atoms with Crippen molar-refractivity contribution in [2.24, 2.45) is 0 Å². The number of amides is 4. The van der Waals surface area contributed by atoms with Gasteiger partial charge in [-0.05, 0) is 35.4 Å². The second-order valence-corrected chi connectivity index (χ2v) is 9.76. The van der Waals surface area contributed by atoms with Crippen LogP contribution in [0.1, 0.15) is 17.2 Å². The van der Waals surface area contributed by atoms with Gasteiger partial charge < -0.3 is 34.0 Å². The molecule has 2 aromatic carbocycles. The van der Waals surface area contributed by atoms with Crippen molar-refractivity contribution in [3.8, 4) is 17.4 Å². The Hall–Kier alpha value is -5.18. The Labute approximate surface area is 235 Å². The zero-order chi connectivity index (χ0) is 28.5. The van der Waals surface area contributed by atoms with Crippen molar-refractivity contribution in [1.82, 2.24) is 20.2 Å². The molecule has 0 radical (unpaired) electrons. The second-order valence-electron chi connectivity index (χ2n) is 8.90. The van der Waals surface area contributed by atoms with Crippen LogP contribution in [0.2, 0.25) is 0 Å². The molecule has 14 nitrogen and oxygen atoms in total. The van der Waals surface area contributed by atoms with Crippen LogP contribution in [0.15, 0.2) is 52.6 Å². The summed E-state index contributed by atoms with van der Waals surface area (Å²) >= 11 is 0.984. The lowest BCUT2D eigenvalue weighted by Crippen LogP contribution is -2.49. The Morgan fingerprint density at radius 2 is 2.00 bits per heavy atom. The monoisotopic (exact) mass is 579 g/mol. The van der Waals surface area contributed by atoms with Crippen molar-refractivity contribution in [3.05, 3.63) is 59.3 Å². The average Bonchev–Trinajstić information content (AvgIpc) is 3.70. The first-order chi connectivity index (χ1) is 19.9. The molecular formula is C26H21N5O9S. The Kier molecular flexibility index (Phi) is 6.84. The number of hydrogen-bond donors (Lipinski definition) is 2. The Morgan fingerprint density at radius 1 is 1.17 bits per heavy atom. The summed E-state index contributed by atoms with van der Waals surface area (Å²) in [7, 11) is 1.15. The molecule has 0 saturated carbocycles. The van der Waals surface area contributed by atoms with Crippen molar-refractivity contribution in [2.45, 2.75) is 18.5 Å². The summed E-state index contributed by atoms with van der Waals surface area (Å²) in [5, 5.41) is 6.76. The first-order valence-corrected chi connectivity index (χ1v) is 13.1. The van der Waals surface area contributed by atoms with Crippen LogP contribution in [0, 0.1) is 0 Å². The number of imide groups is 1. The van der Waals surface area contributed by atoms with Crippen LogP contribution in [0.25, 0.3) is 11.1 Å². The molecule has 2 aliphatic rings. The molecule has 4 amide bonds. The highest BCUT2D eigenvalue weighted by Crippen LogP contribution is 2.35. The summed E-state index contributed by atoms with van der Waals surface area (Å²) in [6.45, 7) is 0.764. The molecule has 4 heterocycles. The largest absolute Gasteiger partial charge is 0.514 e. The molecule has 2 aromatic heterocycles. The maximum Gasteiger partial charge on any atom is 0.514 e. The molecule has 4 aromatic rings. The van der Waals surface area contributed by atoms with Gasteiger partial charge in [-0.3, -0.25) is 9.59 Å². The van der Waals surface area contributed by atoms with Gasteiger partial charge in [-0.15, -0.1) is 11.3 Å². The maximum atomic E-state index is 13.7. The van der Waals surface area contributed by atoms with Crippen LogP contribution >= 0.6 is 11.3 Å². The van der Waals surface area contributed by atoms with Crippen LogP contribution in [-0.2, 0) is 20.7 Å². The van der Waals surface area contributed by atoms with Gasteiger partial charge in [0.05, 0.1) is 12.5 Å². The summed E-state index contributed by atoms with van der Waals surface area (Å²) in [6.07, 6.45) is 0.294. The predicted octanol–water partition coefficient (Wildman–Crippen LogP) is 3.04. The van der Waals surface area contributed by atoms with Crippen molar-refractivity contribution >= 4 is 51.6 Å². The third kappa shape index (κ3) is 5.21. The van der Waals surface area contributed by atoms with Crippen molar-refractivity contribution in [1.29, 1.82) is 0 Å². The molecule has 1 saturated heterocycles. The lowest BCUT2D eigenvalue weighted by molar-refractivity contribution is -0.134. The van der Waals surface area contributed by atoms with Crippen molar-refractivity contribution in [2.75, 3.05) is 25.6 Å². The van der Waals surface area contributed by atoms with Crippen molar-refractivity contribution < 1.29 is 42.5 Å².